The summed E-state index contributed by atoms with van der Waals surface area (Å²) in [5, 5.41) is 0. The van der Waals surface area contributed by atoms with E-state index < -0.39 is 0 Å². The second-order valence-electron chi connectivity index (χ2n) is 47.7. The largest absolute Gasteiger partial charge is 0.0654 e. The number of hydrogen-bond acceptors (Lipinski definition) is 0. The molecule has 0 fully saturated rings. The van der Waals surface area contributed by atoms with E-state index in [9.17, 15) is 0 Å². The third kappa shape index (κ3) is 107. The SMILES string of the molecule is CCCCCCCCCCCCCCCCCCCCCCCCC(CCCCCCCCCCCCCCCCCCCCCC)(CCCCCCCCCCCCCCCCCCCCCCC)C(CCCCCCCCCCCCCCCCCCCC)(CCCCCCCCCCCCCCCCCCCCC)CCCCCCCCCCCCCCCCCCCCCCC. The van der Waals surface area contributed by atoms with Gasteiger partial charge in [0.25, 0.3) is 0 Å². The van der Waals surface area contributed by atoms with Crippen molar-refractivity contribution in [3.8, 4) is 0 Å². The number of rotatable bonds is 128. The van der Waals surface area contributed by atoms with Gasteiger partial charge in [-0.15, -0.1) is 0 Å². The van der Waals surface area contributed by atoms with E-state index in [4.69, 9.17) is 0 Å². The molecule has 0 aromatic heterocycles. The van der Waals surface area contributed by atoms with Crippen molar-refractivity contribution >= 4 is 0 Å². The van der Waals surface area contributed by atoms with E-state index in [2.05, 4.69) is 41.5 Å². The van der Waals surface area contributed by atoms with Crippen LogP contribution in [-0.4, -0.2) is 0 Å². The Balaban J connectivity index is 6.98. The van der Waals surface area contributed by atoms with E-state index in [0.717, 1.165) is 0 Å². The molecule has 2 atom stereocenters. The number of unbranched alkanes of at least 4 members (excludes halogenated alkanes) is 115. The van der Waals surface area contributed by atoms with Crippen LogP contribution in [-0.2, 0) is 0 Å². The van der Waals surface area contributed by atoms with Crippen molar-refractivity contribution in [2.75, 3.05) is 0 Å². The second-order valence-corrected chi connectivity index (χ2v) is 47.7. The van der Waals surface area contributed by atoms with Crippen LogP contribution in [0.15, 0.2) is 0 Å². The summed E-state index contributed by atoms with van der Waals surface area (Å²) in [5.74, 6) is 0. The molecule has 0 saturated carbocycles. The summed E-state index contributed by atoms with van der Waals surface area (Å²) in [4.78, 5) is 0. The Morgan fingerprint density at radius 3 is 0.156 bits per heavy atom. The topological polar surface area (TPSA) is 0 Å². The van der Waals surface area contributed by atoms with Crippen molar-refractivity contribution in [3.05, 3.63) is 0 Å². The van der Waals surface area contributed by atoms with Gasteiger partial charge in [-0.05, 0) is 49.4 Å². The van der Waals surface area contributed by atoms with Crippen LogP contribution in [0.25, 0.3) is 0 Å². The summed E-state index contributed by atoms with van der Waals surface area (Å²) >= 11 is 0. The molecule has 0 heterocycles. The maximum absolute atomic E-state index is 2.36. The van der Waals surface area contributed by atoms with Gasteiger partial charge in [0, 0.05) is 0 Å². The average Bonchev–Trinajstić information content (AvgIpc) is 0.766. The highest BCUT2D eigenvalue weighted by Crippen LogP contribution is 2.59. The molecule has 0 rings (SSSR count). The van der Waals surface area contributed by atoms with Crippen molar-refractivity contribution in [2.24, 2.45) is 10.8 Å². The fourth-order valence-corrected chi connectivity index (χ4v) is 24.8. The zero-order chi connectivity index (χ0) is 96.8. The lowest BCUT2D eigenvalue weighted by Crippen LogP contribution is -2.43. The van der Waals surface area contributed by atoms with Crippen LogP contribution < -0.4 is 0 Å². The van der Waals surface area contributed by atoms with Crippen LogP contribution >= 0.6 is 0 Å². The van der Waals surface area contributed by atoms with Crippen molar-refractivity contribution in [2.45, 2.75) is 857 Å². The van der Waals surface area contributed by atoms with Crippen molar-refractivity contribution in [1.82, 2.24) is 0 Å². The van der Waals surface area contributed by atoms with Crippen LogP contribution in [0.1, 0.15) is 857 Å². The highest BCUT2D eigenvalue weighted by Gasteiger charge is 2.48. The van der Waals surface area contributed by atoms with E-state index in [1.807, 2.05) is 0 Å². The Hall–Kier alpha value is 0. The monoisotopic (exact) mass is 1890 g/mol. The minimum Gasteiger partial charge on any atom is -0.0654 e. The third-order valence-electron chi connectivity index (χ3n) is 34.4. The van der Waals surface area contributed by atoms with Gasteiger partial charge in [0.1, 0.15) is 0 Å². The molecule has 0 aliphatic carbocycles. The molecular weight excluding hydrogens is 1620 g/mol. The van der Waals surface area contributed by atoms with E-state index in [0.29, 0.717) is 10.8 Å². The van der Waals surface area contributed by atoms with Gasteiger partial charge in [-0.2, -0.15) is 0 Å². The van der Waals surface area contributed by atoms with Gasteiger partial charge in [-0.25, -0.2) is 0 Å². The van der Waals surface area contributed by atoms with Crippen molar-refractivity contribution in [1.29, 1.82) is 0 Å². The summed E-state index contributed by atoms with van der Waals surface area (Å²) in [5.41, 5.74) is 1.05. The molecule has 135 heavy (non-hydrogen) atoms. The lowest BCUT2D eigenvalue weighted by molar-refractivity contribution is -0.0310. The summed E-state index contributed by atoms with van der Waals surface area (Å²) < 4.78 is 0. The molecule has 0 nitrogen and oxygen atoms in total. The lowest BCUT2D eigenvalue weighted by Gasteiger charge is -2.53. The van der Waals surface area contributed by atoms with E-state index in [1.54, 1.807) is 38.5 Å². The highest BCUT2D eigenvalue weighted by atomic mass is 14.5. The van der Waals surface area contributed by atoms with Crippen molar-refractivity contribution in [3.63, 3.8) is 0 Å². The van der Waals surface area contributed by atoms with Crippen LogP contribution in [0.2, 0.25) is 0 Å². The Bertz CT molecular complexity index is 1880. The highest BCUT2D eigenvalue weighted by molar-refractivity contribution is 4.99. The van der Waals surface area contributed by atoms with Gasteiger partial charge in [0.05, 0.1) is 0 Å². The van der Waals surface area contributed by atoms with Gasteiger partial charge < -0.3 is 0 Å². The lowest BCUT2D eigenvalue weighted by atomic mass is 9.51. The van der Waals surface area contributed by atoms with Gasteiger partial charge in [-0.1, -0.05) is 818 Å². The molecule has 0 aliphatic rings. The maximum atomic E-state index is 2.36. The second kappa shape index (κ2) is 123. The summed E-state index contributed by atoms with van der Waals surface area (Å²) in [6.07, 6.45) is 190. The van der Waals surface area contributed by atoms with Gasteiger partial charge in [0.15, 0.2) is 0 Å². The minimum atomic E-state index is 0.527. The third-order valence-corrected chi connectivity index (χ3v) is 34.4. The van der Waals surface area contributed by atoms with E-state index in [-0.39, 0.29) is 0 Å². The summed E-state index contributed by atoms with van der Waals surface area (Å²) in [7, 11) is 0. The molecule has 0 spiro atoms. The van der Waals surface area contributed by atoms with Crippen LogP contribution in [0.4, 0.5) is 0 Å². The summed E-state index contributed by atoms with van der Waals surface area (Å²) in [6.45, 7) is 14.1. The van der Waals surface area contributed by atoms with Crippen molar-refractivity contribution < 1.29 is 0 Å². The zero-order valence-electron chi connectivity index (χ0n) is 96.8. The molecule has 2 unspecified atom stereocenters. The van der Waals surface area contributed by atoms with Gasteiger partial charge in [-0.3, -0.25) is 0 Å². The van der Waals surface area contributed by atoms with Gasteiger partial charge in [0.2, 0.25) is 0 Å². The first-order chi connectivity index (χ1) is 67.1. The molecule has 0 amide bonds. The molecule has 0 radical (unpaired) electrons. The van der Waals surface area contributed by atoms with E-state index >= 15 is 0 Å². The predicted molar refractivity (Wildman–Crippen MR) is 625 cm³/mol. The molecule has 0 bridgehead atoms. The van der Waals surface area contributed by atoms with E-state index in [1.165, 1.54) is 777 Å². The normalized spacial score (nSPS) is 12.8. The molecule has 0 aliphatic heterocycles. The molecule has 0 aromatic rings. The fraction of sp³-hybridized carbons (Fsp3) is 1.00. The van der Waals surface area contributed by atoms with Crippen LogP contribution in [0.3, 0.4) is 0 Å². The Kier molecular flexibility index (Phi) is 123. The quantitative estimate of drug-likeness (QED) is 0.0533. The summed E-state index contributed by atoms with van der Waals surface area (Å²) in [6, 6.07) is 0. The average molecular weight is 1900 g/mol. The Labute approximate surface area is 862 Å². The minimum absolute atomic E-state index is 0.527. The smallest absolute Gasteiger partial charge is 0.0241 e. The first kappa shape index (κ1) is 135. The van der Waals surface area contributed by atoms with Crippen LogP contribution in [0, 0.1) is 10.8 Å². The maximum Gasteiger partial charge on any atom is -0.0241 e. The molecule has 812 valence electrons. The molecular formula is C135H272. The molecule has 0 heteroatoms. The first-order valence-corrected chi connectivity index (χ1v) is 67.1. The predicted octanol–water partition coefficient (Wildman–Crippen LogP) is 52.6. The van der Waals surface area contributed by atoms with Crippen LogP contribution in [0.5, 0.6) is 0 Å². The zero-order valence-corrected chi connectivity index (χ0v) is 96.8. The van der Waals surface area contributed by atoms with Gasteiger partial charge >= 0.3 is 0 Å². The number of hydrogen-bond donors (Lipinski definition) is 0. The first-order valence-electron chi connectivity index (χ1n) is 67.1. The standard InChI is InChI=1S/C135H272/c1-7-13-19-25-31-37-43-49-55-61-67-71-74-79-85-91-97-103-109-115-121-127-133-135(130-124-118-112-106-100-94-88-82-76-70-64-58-52-46-40-34-28-22-16-10-4,132-126-120-114-108-102-96-90-84-78-73-69-63-57-51-45-39-33-27-21-15-9-3)134(128-122-116-110-104-98-92-86-80-66-60-54-48-42-36-30-24-18-12-6,129-123-117-111-105-99-93-87-81-75-65-59-53-47-41-35-29-23-17-11-5)131-125-119-113-107-101-95-89-83-77-72-68-62-56-50-44-38-32-26-20-14-8-2/h7-133H2,1-6H3. The fourth-order valence-electron chi connectivity index (χ4n) is 24.8. The molecule has 0 saturated heterocycles. The Morgan fingerprint density at radius 1 is 0.0593 bits per heavy atom. The molecule has 0 aromatic carbocycles. The Morgan fingerprint density at radius 2 is 0.104 bits per heavy atom. The molecule has 0 N–H and O–H groups in total.